The topological polar surface area (TPSA) is 59.0 Å². The van der Waals surface area contributed by atoms with E-state index in [2.05, 4.69) is 32.3 Å². The van der Waals surface area contributed by atoms with Crippen molar-refractivity contribution in [1.82, 2.24) is 24.9 Å². The van der Waals surface area contributed by atoms with Crippen LogP contribution in [0, 0.1) is 0 Å². The standard InChI is InChI=1S/C20H24ClN5O/c1-25-17(6-9-22-25)14-26-10-7-15(13-26)19-12-16(23-24-19)8-11-27-20-5-3-2-4-18(20)21/h2-6,9,12,15H,7-8,10-11,13-14H2,1H3,(H,23,24)/t15-/m1/s1. The first kappa shape index (κ1) is 18.1. The lowest BCUT2D eigenvalue weighted by atomic mass is 10.0. The van der Waals surface area contributed by atoms with Gasteiger partial charge in [-0.1, -0.05) is 23.7 Å². The summed E-state index contributed by atoms with van der Waals surface area (Å²) in [7, 11) is 1.99. The maximum absolute atomic E-state index is 6.12. The number of aromatic nitrogens is 4. The number of aromatic amines is 1. The van der Waals surface area contributed by atoms with Crippen LogP contribution in [0.2, 0.25) is 5.02 Å². The summed E-state index contributed by atoms with van der Waals surface area (Å²) in [6.45, 7) is 3.64. The maximum atomic E-state index is 6.12. The van der Waals surface area contributed by atoms with Crippen LogP contribution in [0.4, 0.5) is 0 Å². The van der Waals surface area contributed by atoms with Gasteiger partial charge in [0.1, 0.15) is 5.75 Å². The zero-order valence-electron chi connectivity index (χ0n) is 15.4. The Kier molecular flexibility index (Phi) is 5.45. The monoisotopic (exact) mass is 385 g/mol. The molecule has 2 aromatic heterocycles. The summed E-state index contributed by atoms with van der Waals surface area (Å²) in [6, 6.07) is 11.8. The molecule has 0 unspecified atom stereocenters. The van der Waals surface area contributed by atoms with E-state index in [-0.39, 0.29) is 0 Å². The van der Waals surface area contributed by atoms with Crippen molar-refractivity contribution in [2.75, 3.05) is 19.7 Å². The van der Waals surface area contributed by atoms with Crippen LogP contribution in [0.15, 0.2) is 42.6 Å². The average Bonchev–Trinajstić information content (AvgIpc) is 3.39. The number of benzene rings is 1. The third-order valence-corrected chi connectivity index (χ3v) is 5.43. The Labute approximate surface area is 164 Å². The Morgan fingerprint density at radius 3 is 3.00 bits per heavy atom. The maximum Gasteiger partial charge on any atom is 0.137 e. The zero-order valence-corrected chi connectivity index (χ0v) is 16.2. The molecular weight excluding hydrogens is 362 g/mol. The predicted octanol–water partition coefficient (Wildman–Crippen LogP) is 3.41. The second kappa shape index (κ2) is 8.15. The van der Waals surface area contributed by atoms with Gasteiger partial charge in [-0.25, -0.2) is 0 Å². The number of aryl methyl sites for hydroxylation is 1. The van der Waals surface area contributed by atoms with Crippen molar-refractivity contribution < 1.29 is 4.74 Å². The molecule has 1 saturated heterocycles. The first-order valence-electron chi connectivity index (χ1n) is 9.30. The average molecular weight is 386 g/mol. The van der Waals surface area contributed by atoms with Crippen LogP contribution < -0.4 is 4.74 Å². The first-order valence-corrected chi connectivity index (χ1v) is 9.67. The van der Waals surface area contributed by atoms with E-state index in [0.717, 1.165) is 49.6 Å². The molecule has 1 aliphatic rings. The lowest BCUT2D eigenvalue weighted by molar-refractivity contribution is 0.316. The van der Waals surface area contributed by atoms with E-state index in [1.165, 1.54) is 5.69 Å². The van der Waals surface area contributed by atoms with Crippen molar-refractivity contribution >= 4 is 11.6 Å². The molecule has 3 aromatic rings. The lowest BCUT2D eigenvalue weighted by Crippen LogP contribution is -2.21. The molecule has 0 spiro atoms. The molecular formula is C20H24ClN5O. The molecule has 3 heterocycles. The molecule has 27 heavy (non-hydrogen) atoms. The fraction of sp³-hybridized carbons (Fsp3) is 0.400. The molecule has 0 bridgehead atoms. The van der Waals surface area contributed by atoms with Crippen molar-refractivity contribution in [3.63, 3.8) is 0 Å². The number of H-pyrrole nitrogens is 1. The molecule has 1 atom stereocenters. The summed E-state index contributed by atoms with van der Waals surface area (Å²) in [6.07, 6.45) is 3.77. The van der Waals surface area contributed by atoms with Gasteiger partial charge in [0.25, 0.3) is 0 Å². The Balaban J connectivity index is 1.28. The molecule has 1 aromatic carbocycles. The van der Waals surface area contributed by atoms with Gasteiger partial charge in [-0.05, 0) is 37.2 Å². The van der Waals surface area contributed by atoms with Gasteiger partial charge in [-0.15, -0.1) is 0 Å². The molecule has 4 rings (SSSR count). The Morgan fingerprint density at radius 1 is 1.30 bits per heavy atom. The van der Waals surface area contributed by atoms with Crippen molar-refractivity contribution in [2.45, 2.75) is 25.3 Å². The van der Waals surface area contributed by atoms with Crippen molar-refractivity contribution in [3.8, 4) is 5.75 Å². The van der Waals surface area contributed by atoms with Crippen molar-refractivity contribution in [1.29, 1.82) is 0 Å². The lowest BCUT2D eigenvalue weighted by Gasteiger charge is -2.15. The zero-order chi connectivity index (χ0) is 18.6. The third-order valence-electron chi connectivity index (χ3n) is 5.12. The van der Waals surface area contributed by atoms with Crippen molar-refractivity contribution in [2.24, 2.45) is 7.05 Å². The normalized spacial score (nSPS) is 17.5. The summed E-state index contributed by atoms with van der Waals surface area (Å²) in [4.78, 5) is 2.47. The highest BCUT2D eigenvalue weighted by Gasteiger charge is 2.26. The third kappa shape index (κ3) is 4.34. The number of hydrogen-bond acceptors (Lipinski definition) is 4. The second-order valence-electron chi connectivity index (χ2n) is 7.01. The fourth-order valence-corrected chi connectivity index (χ4v) is 3.74. The molecule has 1 aliphatic heterocycles. The van der Waals surface area contributed by atoms with E-state index in [0.29, 0.717) is 17.5 Å². The number of hydrogen-bond donors (Lipinski definition) is 1. The molecule has 0 aliphatic carbocycles. The summed E-state index contributed by atoms with van der Waals surface area (Å²) < 4.78 is 7.71. The number of nitrogens with one attached hydrogen (secondary N) is 1. The van der Waals surface area contributed by atoms with Gasteiger partial charge in [-0.2, -0.15) is 10.2 Å². The summed E-state index contributed by atoms with van der Waals surface area (Å²) in [5, 5.41) is 12.6. The SMILES string of the molecule is Cn1nccc1CN1CC[C@@H](c2cc(CCOc3ccccc3Cl)[nH]n2)C1. The van der Waals surface area contributed by atoms with Gasteiger partial charge >= 0.3 is 0 Å². The van der Waals surface area contributed by atoms with Crippen LogP contribution in [0.5, 0.6) is 5.75 Å². The molecule has 1 fully saturated rings. The van der Waals surface area contributed by atoms with Crippen LogP contribution in [-0.2, 0) is 20.0 Å². The highest BCUT2D eigenvalue weighted by Crippen LogP contribution is 2.27. The van der Waals surface area contributed by atoms with Gasteiger partial charge < -0.3 is 4.74 Å². The number of likely N-dealkylation sites (tertiary alicyclic amines) is 1. The molecule has 0 radical (unpaired) electrons. The van der Waals surface area contributed by atoms with E-state index in [1.807, 2.05) is 42.2 Å². The molecule has 1 N–H and O–H groups in total. The number of nitrogens with zero attached hydrogens (tertiary/aromatic N) is 4. The van der Waals surface area contributed by atoms with E-state index in [9.17, 15) is 0 Å². The van der Waals surface area contributed by atoms with Crippen LogP contribution in [0.1, 0.15) is 29.4 Å². The van der Waals surface area contributed by atoms with Gasteiger partial charge in [0.15, 0.2) is 0 Å². The summed E-state index contributed by atoms with van der Waals surface area (Å²) in [5.41, 5.74) is 3.49. The summed E-state index contributed by atoms with van der Waals surface area (Å²) in [5.74, 6) is 1.20. The largest absolute Gasteiger partial charge is 0.492 e. The van der Waals surface area contributed by atoms with E-state index < -0.39 is 0 Å². The minimum atomic E-state index is 0.479. The number of para-hydroxylation sites is 1. The predicted molar refractivity (Wildman–Crippen MR) is 105 cm³/mol. The second-order valence-corrected chi connectivity index (χ2v) is 7.42. The fourth-order valence-electron chi connectivity index (χ4n) is 3.55. The number of ether oxygens (including phenoxy) is 1. The number of rotatable bonds is 7. The smallest absolute Gasteiger partial charge is 0.137 e. The van der Waals surface area contributed by atoms with Crippen LogP contribution in [0.25, 0.3) is 0 Å². The molecule has 7 heteroatoms. The van der Waals surface area contributed by atoms with Gasteiger partial charge in [0.05, 0.1) is 23.0 Å². The molecule has 142 valence electrons. The van der Waals surface area contributed by atoms with E-state index in [4.69, 9.17) is 16.3 Å². The molecule has 6 nitrogen and oxygen atoms in total. The van der Waals surface area contributed by atoms with E-state index >= 15 is 0 Å². The quantitative estimate of drug-likeness (QED) is 0.677. The molecule has 0 saturated carbocycles. The van der Waals surface area contributed by atoms with Crippen LogP contribution in [0.3, 0.4) is 0 Å². The minimum Gasteiger partial charge on any atom is -0.492 e. The van der Waals surface area contributed by atoms with Gasteiger partial charge in [0.2, 0.25) is 0 Å². The summed E-state index contributed by atoms with van der Waals surface area (Å²) >= 11 is 6.12. The number of halogens is 1. The highest BCUT2D eigenvalue weighted by molar-refractivity contribution is 6.32. The van der Waals surface area contributed by atoms with Gasteiger partial charge in [-0.3, -0.25) is 14.7 Å². The minimum absolute atomic E-state index is 0.479. The van der Waals surface area contributed by atoms with Gasteiger partial charge in [0, 0.05) is 44.4 Å². The Bertz CT molecular complexity index is 890. The van der Waals surface area contributed by atoms with Crippen molar-refractivity contribution in [3.05, 3.63) is 64.7 Å². The Morgan fingerprint density at radius 2 is 2.19 bits per heavy atom. The highest BCUT2D eigenvalue weighted by atomic mass is 35.5. The van der Waals surface area contributed by atoms with Crippen LogP contribution >= 0.6 is 11.6 Å². The van der Waals surface area contributed by atoms with E-state index in [1.54, 1.807) is 0 Å². The first-order chi connectivity index (χ1) is 13.2. The Hall–Kier alpha value is -2.31. The van der Waals surface area contributed by atoms with Crippen LogP contribution in [-0.4, -0.2) is 44.6 Å². The molecule has 0 amide bonds.